The summed E-state index contributed by atoms with van der Waals surface area (Å²) in [6, 6.07) is 6.11. The molecule has 0 fully saturated rings. The van der Waals surface area contributed by atoms with E-state index >= 15 is 0 Å². The van der Waals surface area contributed by atoms with Crippen LogP contribution in [-0.4, -0.2) is 16.8 Å². The van der Waals surface area contributed by atoms with Gasteiger partial charge in [-0.25, -0.2) is 8.57 Å². The predicted molar refractivity (Wildman–Crippen MR) is 52.0 cm³/mol. The predicted octanol–water partition coefficient (Wildman–Crippen LogP) is 2.53. The molecule has 1 rings (SSSR count). The van der Waals surface area contributed by atoms with Crippen molar-refractivity contribution in [2.75, 3.05) is 7.05 Å². The Morgan fingerprint density at radius 1 is 1.31 bits per heavy atom. The summed E-state index contributed by atoms with van der Waals surface area (Å²) >= 11 is 0. The lowest BCUT2D eigenvalue weighted by Gasteiger charge is -2.12. The van der Waals surface area contributed by atoms with Crippen LogP contribution in [0.25, 0.3) is 0 Å². The van der Waals surface area contributed by atoms with Crippen LogP contribution in [-0.2, 0) is 9.73 Å². The Hall–Kier alpha value is -1.55. The molecule has 0 heterocycles. The maximum Gasteiger partial charge on any atom is 0.483 e. The van der Waals surface area contributed by atoms with E-state index in [0.717, 1.165) is 19.2 Å². The zero-order valence-electron chi connectivity index (χ0n) is 8.15. The first kappa shape index (κ1) is 12.5. The number of nitriles is 1. The van der Waals surface area contributed by atoms with E-state index in [-0.39, 0.29) is 5.56 Å². The molecule has 3 nitrogen and oxygen atoms in total. The van der Waals surface area contributed by atoms with Gasteiger partial charge in [0.2, 0.25) is 0 Å². The zero-order valence-corrected chi connectivity index (χ0v) is 8.97. The highest BCUT2D eigenvalue weighted by Gasteiger charge is 2.44. The van der Waals surface area contributed by atoms with E-state index in [1.54, 1.807) is 6.07 Å². The van der Waals surface area contributed by atoms with Gasteiger partial charge in [0.25, 0.3) is 0 Å². The second-order valence-electron chi connectivity index (χ2n) is 2.79. The van der Waals surface area contributed by atoms with Crippen LogP contribution in [0.3, 0.4) is 0 Å². The van der Waals surface area contributed by atoms with Crippen molar-refractivity contribution in [1.29, 1.82) is 5.26 Å². The van der Waals surface area contributed by atoms with Gasteiger partial charge in [0, 0.05) is 7.05 Å². The average Bonchev–Trinajstić information content (AvgIpc) is 2.26. The molecule has 0 amide bonds. The molecule has 86 valence electrons. The molecule has 16 heavy (non-hydrogen) atoms. The van der Waals surface area contributed by atoms with E-state index in [1.165, 1.54) is 12.1 Å². The molecule has 0 saturated heterocycles. The van der Waals surface area contributed by atoms with Gasteiger partial charge >= 0.3 is 5.51 Å². The number of hydrogen-bond donors (Lipinski definition) is 0. The summed E-state index contributed by atoms with van der Waals surface area (Å²) in [6.07, 6.45) is 0. The van der Waals surface area contributed by atoms with Crippen LogP contribution in [0.2, 0.25) is 0 Å². The van der Waals surface area contributed by atoms with Gasteiger partial charge in [-0.1, -0.05) is 0 Å². The van der Waals surface area contributed by atoms with Crippen LogP contribution in [0.15, 0.2) is 33.5 Å². The SMILES string of the molecule is CN=S(=O)(c1ccc(C#N)cc1)C(F)(F)F. The highest BCUT2D eigenvalue weighted by Crippen LogP contribution is 2.32. The topological polar surface area (TPSA) is 53.2 Å². The average molecular weight is 248 g/mol. The van der Waals surface area contributed by atoms with Crippen molar-refractivity contribution < 1.29 is 17.4 Å². The van der Waals surface area contributed by atoms with Gasteiger partial charge in [-0.05, 0) is 24.3 Å². The lowest BCUT2D eigenvalue weighted by molar-refractivity contribution is -0.0403. The number of nitrogens with zero attached hydrogens (tertiary/aromatic N) is 2. The summed E-state index contributed by atoms with van der Waals surface area (Å²) in [4.78, 5) is -0.443. The van der Waals surface area contributed by atoms with Crippen molar-refractivity contribution in [3.63, 3.8) is 0 Å². The summed E-state index contributed by atoms with van der Waals surface area (Å²) < 4.78 is 52.2. The summed E-state index contributed by atoms with van der Waals surface area (Å²) in [7, 11) is -3.58. The Balaban J connectivity index is 3.39. The fourth-order valence-electron chi connectivity index (χ4n) is 1.06. The molecule has 1 atom stereocenters. The molecule has 0 saturated carbocycles. The van der Waals surface area contributed by atoms with Gasteiger partial charge in [0.15, 0.2) is 9.73 Å². The molecule has 0 aliphatic rings. The fourth-order valence-corrected chi connectivity index (χ4v) is 2.25. The molecule has 0 N–H and O–H groups in total. The van der Waals surface area contributed by atoms with E-state index < -0.39 is 20.1 Å². The van der Waals surface area contributed by atoms with Gasteiger partial charge in [-0.3, -0.25) is 0 Å². The lowest BCUT2D eigenvalue weighted by atomic mass is 10.2. The maximum atomic E-state index is 12.5. The normalized spacial score (nSPS) is 14.9. The fraction of sp³-hybridized carbons (Fsp3) is 0.222. The van der Waals surface area contributed by atoms with E-state index in [1.807, 2.05) is 0 Å². The molecular formula is C9H7F3N2OS. The summed E-state index contributed by atoms with van der Waals surface area (Å²) in [5.41, 5.74) is -4.72. The van der Waals surface area contributed by atoms with Gasteiger partial charge in [0.1, 0.15) is 0 Å². The molecule has 1 unspecified atom stereocenters. The smallest absolute Gasteiger partial charge is 0.236 e. The van der Waals surface area contributed by atoms with E-state index in [2.05, 4.69) is 4.36 Å². The van der Waals surface area contributed by atoms with Crippen molar-refractivity contribution in [3.8, 4) is 6.07 Å². The number of alkyl halides is 3. The van der Waals surface area contributed by atoms with Crippen molar-refractivity contribution in [3.05, 3.63) is 29.8 Å². The summed E-state index contributed by atoms with van der Waals surface area (Å²) in [5, 5.41) is 8.48. The Labute approximate surface area is 90.7 Å². The Kier molecular flexibility index (Phi) is 3.24. The first-order chi connectivity index (χ1) is 7.35. The molecule has 0 spiro atoms. The van der Waals surface area contributed by atoms with Gasteiger partial charge < -0.3 is 0 Å². The van der Waals surface area contributed by atoms with Gasteiger partial charge in [-0.15, -0.1) is 0 Å². The third-order valence-corrected chi connectivity index (χ3v) is 3.93. The van der Waals surface area contributed by atoms with Gasteiger partial charge in [0.05, 0.1) is 16.5 Å². The monoisotopic (exact) mass is 248 g/mol. The maximum absolute atomic E-state index is 12.5. The molecule has 0 aliphatic carbocycles. The number of halogens is 3. The van der Waals surface area contributed by atoms with E-state index in [0.29, 0.717) is 0 Å². The molecule has 0 aromatic heterocycles. The van der Waals surface area contributed by atoms with Crippen LogP contribution in [0.5, 0.6) is 0 Å². The third kappa shape index (κ3) is 2.02. The third-order valence-electron chi connectivity index (χ3n) is 1.87. The largest absolute Gasteiger partial charge is 0.483 e. The number of rotatable bonds is 1. The van der Waals surface area contributed by atoms with E-state index in [4.69, 9.17) is 5.26 Å². The lowest BCUT2D eigenvalue weighted by Crippen LogP contribution is -2.23. The first-order valence-electron chi connectivity index (χ1n) is 4.07. The highest BCUT2D eigenvalue weighted by molar-refractivity contribution is 7.94. The molecule has 0 bridgehead atoms. The number of hydrogen-bond acceptors (Lipinski definition) is 3. The van der Waals surface area contributed by atoms with Crippen molar-refractivity contribution in [2.24, 2.45) is 4.36 Å². The van der Waals surface area contributed by atoms with Crippen LogP contribution in [0.4, 0.5) is 13.2 Å². The van der Waals surface area contributed by atoms with Gasteiger partial charge in [-0.2, -0.15) is 18.4 Å². The minimum Gasteiger partial charge on any atom is -0.236 e. The minimum atomic E-state index is -4.92. The van der Waals surface area contributed by atoms with Crippen LogP contribution >= 0.6 is 0 Å². The molecular weight excluding hydrogens is 241 g/mol. The minimum absolute atomic E-state index is 0.198. The molecule has 0 radical (unpaired) electrons. The molecule has 7 heteroatoms. The second kappa shape index (κ2) is 4.14. The van der Waals surface area contributed by atoms with Crippen molar-refractivity contribution in [2.45, 2.75) is 10.4 Å². The van der Waals surface area contributed by atoms with Crippen molar-refractivity contribution >= 4 is 9.73 Å². The second-order valence-corrected chi connectivity index (χ2v) is 5.14. The van der Waals surface area contributed by atoms with E-state index in [9.17, 15) is 17.4 Å². The summed E-state index contributed by atoms with van der Waals surface area (Å²) in [6.45, 7) is 0. The molecule has 1 aromatic carbocycles. The Bertz CT molecular complexity index is 533. The van der Waals surface area contributed by atoms with Crippen LogP contribution in [0, 0.1) is 11.3 Å². The van der Waals surface area contributed by atoms with Crippen LogP contribution < -0.4 is 0 Å². The molecule has 0 aliphatic heterocycles. The number of benzene rings is 1. The Morgan fingerprint density at radius 3 is 2.12 bits per heavy atom. The summed E-state index contributed by atoms with van der Waals surface area (Å²) in [5.74, 6) is 0. The first-order valence-corrected chi connectivity index (χ1v) is 5.58. The van der Waals surface area contributed by atoms with Crippen molar-refractivity contribution in [1.82, 2.24) is 0 Å². The zero-order chi connectivity index (χ0) is 12.4. The van der Waals surface area contributed by atoms with Crippen LogP contribution in [0.1, 0.15) is 5.56 Å². The quantitative estimate of drug-likeness (QED) is 0.766. The standard InChI is InChI=1S/C9H7F3N2OS/c1-14-16(15,9(10,11)12)8-4-2-7(6-13)3-5-8/h2-5H,1H3. The Morgan fingerprint density at radius 2 is 1.81 bits per heavy atom. The molecule has 1 aromatic rings. The highest BCUT2D eigenvalue weighted by atomic mass is 32.2.